The van der Waals surface area contributed by atoms with Gasteiger partial charge in [-0.3, -0.25) is 9.59 Å². The molecule has 6 nitrogen and oxygen atoms in total. The number of carbonyl (C=O) groups excluding carboxylic acids is 1. The Bertz CT molecular complexity index is 572. The van der Waals surface area contributed by atoms with E-state index in [0.717, 1.165) is 6.42 Å². The zero-order valence-corrected chi connectivity index (χ0v) is 12.6. The van der Waals surface area contributed by atoms with Crippen LogP contribution in [0.1, 0.15) is 25.7 Å². The van der Waals surface area contributed by atoms with E-state index in [0.29, 0.717) is 35.6 Å². The van der Waals surface area contributed by atoms with E-state index >= 15 is 0 Å². The van der Waals surface area contributed by atoms with Crippen LogP contribution < -0.4 is 16.2 Å². The lowest BCUT2D eigenvalue weighted by molar-refractivity contribution is -0.122. The summed E-state index contributed by atoms with van der Waals surface area (Å²) in [5.74, 6) is 0.694. The number of hydrogen-bond acceptors (Lipinski definition) is 4. The third-order valence-corrected chi connectivity index (χ3v) is 4.50. The molecule has 1 aromatic rings. The first-order chi connectivity index (χ1) is 9.63. The number of amides is 1. The summed E-state index contributed by atoms with van der Waals surface area (Å²) in [4.78, 5) is 23.3. The van der Waals surface area contributed by atoms with Crippen LogP contribution in [0.5, 0.6) is 0 Å². The second-order valence-electron chi connectivity index (χ2n) is 5.49. The molecule has 2 aliphatic rings. The second kappa shape index (κ2) is 5.55. The molecule has 1 atom stereocenters. The van der Waals surface area contributed by atoms with Crippen LogP contribution in [0.2, 0.25) is 0 Å². The van der Waals surface area contributed by atoms with Gasteiger partial charge in [-0.05, 0) is 41.1 Å². The van der Waals surface area contributed by atoms with Gasteiger partial charge >= 0.3 is 0 Å². The molecule has 0 aromatic carbocycles. The van der Waals surface area contributed by atoms with Gasteiger partial charge in [0.1, 0.15) is 4.47 Å². The van der Waals surface area contributed by atoms with Crippen LogP contribution in [-0.2, 0) is 11.3 Å². The predicted molar refractivity (Wildman–Crippen MR) is 78.6 cm³/mol. The molecule has 0 spiro atoms. The topological polar surface area (TPSA) is 76.0 Å². The van der Waals surface area contributed by atoms with Crippen molar-refractivity contribution in [2.75, 3.05) is 11.9 Å². The van der Waals surface area contributed by atoms with Crippen molar-refractivity contribution in [2.24, 2.45) is 5.92 Å². The van der Waals surface area contributed by atoms with Crippen LogP contribution >= 0.6 is 15.9 Å². The molecule has 1 aromatic heterocycles. The Balaban J connectivity index is 1.71. The molecule has 1 aliphatic carbocycles. The maximum Gasteiger partial charge on any atom is 0.283 e. The number of hydrogen-bond donors (Lipinski definition) is 2. The first-order valence-electron chi connectivity index (χ1n) is 6.92. The number of carbonyl (C=O) groups is 1. The molecule has 1 aliphatic heterocycles. The summed E-state index contributed by atoms with van der Waals surface area (Å²) in [6.07, 6.45) is 5.34. The summed E-state index contributed by atoms with van der Waals surface area (Å²) in [7, 11) is 0. The highest BCUT2D eigenvalue weighted by Gasteiger charge is 2.24. The average Bonchev–Trinajstić information content (AvgIpc) is 3.25. The van der Waals surface area contributed by atoms with Gasteiger partial charge in [-0.2, -0.15) is 5.10 Å². The Kier molecular flexibility index (Phi) is 3.78. The number of nitrogens with zero attached hydrogens (tertiary/aromatic N) is 2. The Morgan fingerprint density at radius 1 is 1.40 bits per heavy atom. The van der Waals surface area contributed by atoms with Crippen molar-refractivity contribution in [1.82, 2.24) is 15.1 Å². The average molecular weight is 341 g/mol. The fraction of sp³-hybridized carbons (Fsp3) is 0.615. The van der Waals surface area contributed by atoms with Crippen molar-refractivity contribution in [1.29, 1.82) is 0 Å². The molecule has 2 heterocycles. The summed E-state index contributed by atoms with van der Waals surface area (Å²) in [6.45, 7) is 1.29. The summed E-state index contributed by atoms with van der Waals surface area (Å²) in [6, 6.07) is 0.143. The molecule has 7 heteroatoms. The largest absolute Gasteiger partial charge is 0.378 e. The van der Waals surface area contributed by atoms with Crippen LogP contribution in [-0.4, -0.2) is 28.3 Å². The summed E-state index contributed by atoms with van der Waals surface area (Å²) in [5, 5.41) is 10.3. The number of nitrogens with one attached hydrogen (secondary N) is 2. The third-order valence-electron chi connectivity index (χ3n) is 3.74. The van der Waals surface area contributed by atoms with Crippen molar-refractivity contribution in [3.05, 3.63) is 21.0 Å². The SMILES string of the molecule is O=C1CCC(Nc2cnn(CC3CC3)c(=O)c2Br)CN1. The van der Waals surface area contributed by atoms with Crippen LogP contribution in [0, 0.1) is 5.92 Å². The first kappa shape index (κ1) is 13.6. The Hall–Kier alpha value is -1.37. The van der Waals surface area contributed by atoms with E-state index in [2.05, 4.69) is 31.7 Å². The molecule has 2 N–H and O–H groups in total. The van der Waals surface area contributed by atoms with E-state index in [1.165, 1.54) is 17.5 Å². The minimum absolute atomic E-state index is 0.0834. The lowest BCUT2D eigenvalue weighted by atomic mass is 10.1. The molecule has 0 bridgehead atoms. The molecular formula is C13H17BrN4O2. The molecule has 1 unspecified atom stereocenters. The summed E-state index contributed by atoms with van der Waals surface area (Å²) in [5.41, 5.74) is 0.602. The van der Waals surface area contributed by atoms with Crippen LogP contribution in [0.15, 0.2) is 15.5 Å². The van der Waals surface area contributed by atoms with Gasteiger partial charge in [-0.25, -0.2) is 4.68 Å². The second-order valence-corrected chi connectivity index (χ2v) is 6.28. The van der Waals surface area contributed by atoms with E-state index in [1.807, 2.05) is 0 Å². The number of halogens is 1. The molecular weight excluding hydrogens is 324 g/mol. The Labute approximate surface area is 125 Å². The molecule has 3 rings (SSSR count). The maximum absolute atomic E-state index is 12.2. The third kappa shape index (κ3) is 3.03. The maximum atomic E-state index is 12.2. The summed E-state index contributed by atoms with van der Waals surface area (Å²) < 4.78 is 2.04. The monoisotopic (exact) mass is 340 g/mol. The zero-order chi connectivity index (χ0) is 14.1. The predicted octanol–water partition coefficient (Wildman–Crippen LogP) is 1.11. The van der Waals surface area contributed by atoms with Gasteiger partial charge in [0.05, 0.1) is 11.9 Å². The Morgan fingerprint density at radius 3 is 2.85 bits per heavy atom. The minimum Gasteiger partial charge on any atom is -0.378 e. The van der Waals surface area contributed by atoms with E-state index in [1.54, 1.807) is 6.20 Å². The van der Waals surface area contributed by atoms with Gasteiger partial charge in [-0.1, -0.05) is 0 Å². The van der Waals surface area contributed by atoms with E-state index in [-0.39, 0.29) is 17.5 Å². The van der Waals surface area contributed by atoms with Crippen molar-refractivity contribution in [3.63, 3.8) is 0 Å². The van der Waals surface area contributed by atoms with Crippen molar-refractivity contribution < 1.29 is 4.79 Å². The number of piperidine rings is 1. The number of rotatable bonds is 4. The fourth-order valence-electron chi connectivity index (χ4n) is 2.32. The molecule has 0 radical (unpaired) electrons. The van der Waals surface area contributed by atoms with E-state index in [4.69, 9.17) is 0 Å². The highest BCUT2D eigenvalue weighted by molar-refractivity contribution is 9.10. The van der Waals surface area contributed by atoms with Gasteiger partial charge in [0, 0.05) is 25.6 Å². The fourth-order valence-corrected chi connectivity index (χ4v) is 2.74. The van der Waals surface area contributed by atoms with Crippen molar-refractivity contribution >= 4 is 27.5 Å². The van der Waals surface area contributed by atoms with Crippen LogP contribution in [0.25, 0.3) is 0 Å². The van der Waals surface area contributed by atoms with E-state index in [9.17, 15) is 9.59 Å². The molecule has 108 valence electrons. The van der Waals surface area contributed by atoms with E-state index < -0.39 is 0 Å². The number of aromatic nitrogens is 2. The van der Waals surface area contributed by atoms with Crippen molar-refractivity contribution in [3.8, 4) is 0 Å². The zero-order valence-electron chi connectivity index (χ0n) is 11.1. The van der Waals surface area contributed by atoms with Gasteiger partial charge in [-0.15, -0.1) is 0 Å². The normalized spacial score (nSPS) is 22.4. The lowest BCUT2D eigenvalue weighted by Crippen LogP contribution is -2.42. The molecule has 1 saturated carbocycles. The Morgan fingerprint density at radius 2 is 2.20 bits per heavy atom. The standard InChI is InChI=1S/C13H17BrN4O2/c14-12-10(17-9-3-4-11(19)15-5-9)6-16-18(13(12)20)7-8-1-2-8/h6,8-9,17H,1-5,7H2,(H,15,19). The molecule has 1 amide bonds. The molecule has 1 saturated heterocycles. The molecule has 20 heavy (non-hydrogen) atoms. The van der Waals surface area contributed by atoms with Gasteiger partial charge in [0.15, 0.2) is 0 Å². The summed E-state index contributed by atoms with van der Waals surface area (Å²) >= 11 is 3.36. The minimum atomic E-state index is -0.0956. The first-order valence-corrected chi connectivity index (χ1v) is 7.71. The van der Waals surface area contributed by atoms with Gasteiger partial charge in [0.25, 0.3) is 5.56 Å². The lowest BCUT2D eigenvalue weighted by Gasteiger charge is -2.24. The van der Waals surface area contributed by atoms with Gasteiger partial charge in [0.2, 0.25) is 5.91 Å². The van der Waals surface area contributed by atoms with Crippen molar-refractivity contribution in [2.45, 2.75) is 38.3 Å². The highest BCUT2D eigenvalue weighted by atomic mass is 79.9. The molecule has 2 fully saturated rings. The highest BCUT2D eigenvalue weighted by Crippen LogP contribution is 2.30. The quantitative estimate of drug-likeness (QED) is 0.860. The smallest absolute Gasteiger partial charge is 0.283 e. The van der Waals surface area contributed by atoms with Crippen LogP contribution in [0.4, 0.5) is 5.69 Å². The number of anilines is 1. The van der Waals surface area contributed by atoms with Crippen LogP contribution in [0.3, 0.4) is 0 Å². The van der Waals surface area contributed by atoms with Gasteiger partial charge < -0.3 is 10.6 Å².